The molecule has 3 rings (SSSR count). The summed E-state index contributed by atoms with van der Waals surface area (Å²) in [5, 5.41) is 5.52. The third-order valence-corrected chi connectivity index (χ3v) is 5.01. The molecule has 1 aliphatic heterocycles. The molecule has 2 aromatic rings. The van der Waals surface area contributed by atoms with Gasteiger partial charge in [0.15, 0.2) is 5.82 Å². The lowest BCUT2D eigenvalue weighted by atomic mass is 10.1. The van der Waals surface area contributed by atoms with Crippen molar-refractivity contribution < 1.29 is 14.4 Å². The lowest BCUT2D eigenvalue weighted by molar-refractivity contribution is -0.114. The number of imidazole rings is 1. The molecule has 1 aromatic carbocycles. The van der Waals surface area contributed by atoms with E-state index in [1.807, 2.05) is 18.4 Å². The second-order valence-corrected chi connectivity index (χ2v) is 7.03. The van der Waals surface area contributed by atoms with Crippen LogP contribution in [0.25, 0.3) is 0 Å². The van der Waals surface area contributed by atoms with E-state index < -0.39 is 0 Å². The Morgan fingerprint density at radius 3 is 2.45 bits per heavy atom. The van der Waals surface area contributed by atoms with Gasteiger partial charge < -0.3 is 20.1 Å². The van der Waals surface area contributed by atoms with Crippen LogP contribution in [0.15, 0.2) is 24.3 Å². The SMILES string of the molecule is CCN(CC)C(=O)c1nc(C(=O)Nc2cccc(NC(C)=O)c2)n2c1CCCC2. The van der Waals surface area contributed by atoms with Crippen molar-refractivity contribution in [2.24, 2.45) is 0 Å². The van der Waals surface area contributed by atoms with Crippen molar-refractivity contribution in [3.05, 3.63) is 41.5 Å². The number of hydrogen-bond donors (Lipinski definition) is 2. The monoisotopic (exact) mass is 397 g/mol. The fourth-order valence-corrected chi connectivity index (χ4v) is 3.61. The summed E-state index contributed by atoms with van der Waals surface area (Å²) in [6.07, 6.45) is 2.66. The number of carbonyl (C=O) groups excluding carboxylic acids is 3. The van der Waals surface area contributed by atoms with Gasteiger partial charge in [0, 0.05) is 37.9 Å². The smallest absolute Gasteiger partial charge is 0.291 e. The second kappa shape index (κ2) is 8.89. The van der Waals surface area contributed by atoms with E-state index in [9.17, 15) is 14.4 Å². The Kier molecular flexibility index (Phi) is 6.31. The molecule has 0 fully saturated rings. The van der Waals surface area contributed by atoms with E-state index >= 15 is 0 Å². The Balaban J connectivity index is 1.89. The first-order valence-electron chi connectivity index (χ1n) is 10.0. The van der Waals surface area contributed by atoms with Crippen LogP contribution in [0.5, 0.6) is 0 Å². The first-order valence-corrected chi connectivity index (χ1v) is 10.0. The summed E-state index contributed by atoms with van der Waals surface area (Å²) in [5.41, 5.74) is 2.36. The molecular formula is C21H27N5O3. The van der Waals surface area contributed by atoms with Gasteiger partial charge in [-0.25, -0.2) is 4.98 Å². The molecule has 3 amide bonds. The summed E-state index contributed by atoms with van der Waals surface area (Å²) < 4.78 is 1.87. The zero-order valence-corrected chi connectivity index (χ0v) is 17.1. The maximum Gasteiger partial charge on any atom is 0.291 e. The molecule has 2 heterocycles. The van der Waals surface area contributed by atoms with Crippen LogP contribution < -0.4 is 10.6 Å². The quantitative estimate of drug-likeness (QED) is 0.783. The van der Waals surface area contributed by atoms with Crippen molar-refractivity contribution in [3.8, 4) is 0 Å². The lowest BCUT2D eigenvalue weighted by Crippen LogP contribution is -2.31. The van der Waals surface area contributed by atoms with E-state index in [-0.39, 0.29) is 23.5 Å². The van der Waals surface area contributed by atoms with Crippen LogP contribution in [0.1, 0.15) is 60.4 Å². The zero-order valence-electron chi connectivity index (χ0n) is 17.1. The highest BCUT2D eigenvalue weighted by atomic mass is 16.2. The van der Waals surface area contributed by atoms with Gasteiger partial charge in [0.05, 0.1) is 5.69 Å². The topological polar surface area (TPSA) is 96.3 Å². The highest BCUT2D eigenvalue weighted by Crippen LogP contribution is 2.23. The molecule has 8 heteroatoms. The van der Waals surface area contributed by atoms with Gasteiger partial charge in [-0.05, 0) is 51.3 Å². The van der Waals surface area contributed by atoms with Gasteiger partial charge in [0.2, 0.25) is 5.91 Å². The molecule has 154 valence electrons. The summed E-state index contributed by atoms with van der Waals surface area (Å²) in [5.74, 6) is -0.436. The molecule has 0 aliphatic carbocycles. The second-order valence-electron chi connectivity index (χ2n) is 7.03. The number of aromatic nitrogens is 2. The van der Waals surface area contributed by atoms with E-state index in [0.717, 1.165) is 25.0 Å². The van der Waals surface area contributed by atoms with Crippen molar-refractivity contribution in [1.29, 1.82) is 0 Å². The molecule has 1 aromatic heterocycles. The predicted molar refractivity (Wildman–Crippen MR) is 111 cm³/mol. The number of hydrogen-bond acceptors (Lipinski definition) is 4. The van der Waals surface area contributed by atoms with Gasteiger partial charge in [0.1, 0.15) is 5.69 Å². The molecular weight excluding hydrogens is 370 g/mol. The molecule has 0 spiro atoms. The van der Waals surface area contributed by atoms with Gasteiger partial charge in [-0.15, -0.1) is 0 Å². The Hall–Kier alpha value is -3.16. The molecule has 29 heavy (non-hydrogen) atoms. The van der Waals surface area contributed by atoms with Crippen molar-refractivity contribution in [2.45, 2.75) is 46.6 Å². The number of nitrogens with zero attached hydrogens (tertiary/aromatic N) is 3. The Bertz CT molecular complexity index is 930. The van der Waals surface area contributed by atoms with Crippen LogP contribution >= 0.6 is 0 Å². The van der Waals surface area contributed by atoms with Crippen molar-refractivity contribution in [3.63, 3.8) is 0 Å². The van der Waals surface area contributed by atoms with Crippen LogP contribution in [-0.2, 0) is 17.8 Å². The minimum Gasteiger partial charge on any atom is -0.338 e. The largest absolute Gasteiger partial charge is 0.338 e. The molecule has 2 N–H and O–H groups in total. The van der Waals surface area contributed by atoms with E-state index in [2.05, 4.69) is 15.6 Å². The molecule has 0 unspecified atom stereocenters. The molecule has 0 atom stereocenters. The first kappa shape index (κ1) is 20.6. The number of amides is 3. The van der Waals surface area contributed by atoms with E-state index in [0.29, 0.717) is 36.7 Å². The lowest BCUT2D eigenvalue weighted by Gasteiger charge is -2.20. The van der Waals surface area contributed by atoms with Crippen LogP contribution in [0.2, 0.25) is 0 Å². The summed E-state index contributed by atoms with van der Waals surface area (Å²) in [4.78, 5) is 43.3. The number of carbonyl (C=O) groups is 3. The summed E-state index contributed by atoms with van der Waals surface area (Å²) in [7, 11) is 0. The normalized spacial score (nSPS) is 12.8. The number of rotatable bonds is 6. The summed E-state index contributed by atoms with van der Waals surface area (Å²) in [6.45, 7) is 7.15. The standard InChI is InChI=1S/C21H27N5O3/c1-4-25(5-2)21(29)18-17-11-6-7-12-26(17)19(24-18)20(28)23-16-10-8-9-15(13-16)22-14(3)27/h8-10,13H,4-7,11-12H2,1-3H3,(H,22,27)(H,23,28). The minimum atomic E-state index is -0.369. The van der Waals surface area contributed by atoms with Gasteiger partial charge in [-0.1, -0.05) is 6.07 Å². The number of nitrogens with one attached hydrogen (secondary N) is 2. The van der Waals surface area contributed by atoms with E-state index in [4.69, 9.17) is 0 Å². The molecule has 0 bridgehead atoms. The predicted octanol–water partition coefficient (Wildman–Crippen LogP) is 2.91. The average molecular weight is 397 g/mol. The molecule has 8 nitrogen and oxygen atoms in total. The highest BCUT2D eigenvalue weighted by Gasteiger charge is 2.29. The number of benzene rings is 1. The van der Waals surface area contributed by atoms with E-state index in [1.165, 1.54) is 6.92 Å². The molecule has 0 saturated carbocycles. The Morgan fingerprint density at radius 1 is 1.10 bits per heavy atom. The van der Waals surface area contributed by atoms with Gasteiger partial charge in [-0.3, -0.25) is 14.4 Å². The van der Waals surface area contributed by atoms with Gasteiger partial charge in [0.25, 0.3) is 11.8 Å². The van der Waals surface area contributed by atoms with Crippen LogP contribution in [-0.4, -0.2) is 45.3 Å². The van der Waals surface area contributed by atoms with Crippen LogP contribution in [0, 0.1) is 0 Å². The third kappa shape index (κ3) is 4.47. The zero-order chi connectivity index (χ0) is 21.0. The maximum atomic E-state index is 13.0. The molecule has 0 radical (unpaired) electrons. The fraction of sp³-hybridized carbons (Fsp3) is 0.429. The number of fused-ring (bicyclic) bond motifs is 1. The van der Waals surface area contributed by atoms with Crippen molar-refractivity contribution >= 4 is 29.1 Å². The van der Waals surface area contributed by atoms with Crippen LogP contribution in [0.3, 0.4) is 0 Å². The Morgan fingerprint density at radius 2 is 1.79 bits per heavy atom. The van der Waals surface area contributed by atoms with Gasteiger partial charge in [-0.2, -0.15) is 0 Å². The van der Waals surface area contributed by atoms with Crippen LogP contribution in [0.4, 0.5) is 11.4 Å². The third-order valence-electron chi connectivity index (χ3n) is 5.01. The molecule has 0 saturated heterocycles. The minimum absolute atomic E-state index is 0.132. The maximum absolute atomic E-state index is 13.0. The van der Waals surface area contributed by atoms with Crippen molar-refractivity contribution in [2.75, 3.05) is 23.7 Å². The van der Waals surface area contributed by atoms with Gasteiger partial charge >= 0.3 is 0 Å². The highest BCUT2D eigenvalue weighted by molar-refractivity contribution is 6.04. The summed E-state index contributed by atoms with van der Waals surface area (Å²) in [6, 6.07) is 6.92. The fourth-order valence-electron chi connectivity index (χ4n) is 3.61. The number of anilines is 2. The average Bonchev–Trinajstić information content (AvgIpc) is 3.08. The van der Waals surface area contributed by atoms with Crippen molar-refractivity contribution in [1.82, 2.24) is 14.5 Å². The van der Waals surface area contributed by atoms with E-state index in [1.54, 1.807) is 29.2 Å². The summed E-state index contributed by atoms with van der Waals surface area (Å²) >= 11 is 0. The Labute approximate surface area is 170 Å². The first-order chi connectivity index (χ1) is 13.9. The molecule has 1 aliphatic rings.